The number of ether oxygens (including phenoxy) is 3. The third kappa shape index (κ3) is 4.05. The van der Waals surface area contributed by atoms with Crippen LogP contribution in [-0.4, -0.2) is 55.5 Å². The molecule has 0 aliphatic carbocycles. The highest BCUT2D eigenvalue weighted by atomic mass is 16.7. The van der Waals surface area contributed by atoms with E-state index < -0.39 is 18.2 Å². The zero-order valence-corrected chi connectivity index (χ0v) is 13.5. The van der Waals surface area contributed by atoms with Crippen molar-refractivity contribution in [3.63, 3.8) is 0 Å². The Morgan fingerprint density at radius 2 is 2.17 bits per heavy atom. The zero-order chi connectivity index (χ0) is 16.9. The SMILES string of the molecule is NCC(O)[C@H](Cc1ccccc1)NC(=O)OC1COC2OCCC12. The van der Waals surface area contributed by atoms with Crippen molar-refractivity contribution in [1.82, 2.24) is 5.32 Å². The Labute approximate surface area is 141 Å². The zero-order valence-electron chi connectivity index (χ0n) is 13.5. The molecule has 1 aromatic carbocycles. The van der Waals surface area contributed by atoms with E-state index in [1.807, 2.05) is 30.3 Å². The molecule has 2 aliphatic heterocycles. The van der Waals surface area contributed by atoms with Crippen molar-refractivity contribution in [2.45, 2.75) is 37.4 Å². The minimum atomic E-state index is -0.847. The first kappa shape index (κ1) is 17.2. The summed E-state index contributed by atoms with van der Waals surface area (Å²) in [5.41, 5.74) is 6.56. The number of carbonyl (C=O) groups is 1. The van der Waals surface area contributed by atoms with Gasteiger partial charge in [-0.1, -0.05) is 30.3 Å². The van der Waals surface area contributed by atoms with Crippen molar-refractivity contribution in [2.24, 2.45) is 11.7 Å². The van der Waals surface area contributed by atoms with Gasteiger partial charge in [0.25, 0.3) is 0 Å². The smallest absolute Gasteiger partial charge is 0.407 e. The van der Waals surface area contributed by atoms with Crippen LogP contribution in [0.5, 0.6) is 0 Å². The maximum absolute atomic E-state index is 12.2. The Bertz CT molecular complexity index is 541. The molecule has 2 heterocycles. The predicted molar refractivity (Wildman–Crippen MR) is 86.2 cm³/mol. The van der Waals surface area contributed by atoms with Crippen LogP contribution in [0.2, 0.25) is 0 Å². The number of nitrogens with two attached hydrogens (primary N) is 1. The van der Waals surface area contributed by atoms with Gasteiger partial charge in [-0.25, -0.2) is 4.79 Å². The minimum absolute atomic E-state index is 0.0584. The Morgan fingerprint density at radius 1 is 1.38 bits per heavy atom. The average Bonchev–Trinajstić information content (AvgIpc) is 3.19. The van der Waals surface area contributed by atoms with E-state index >= 15 is 0 Å². The highest BCUT2D eigenvalue weighted by Crippen LogP contribution is 2.32. The molecule has 0 radical (unpaired) electrons. The number of hydrogen-bond donors (Lipinski definition) is 3. The van der Waals surface area contributed by atoms with Crippen LogP contribution < -0.4 is 11.1 Å². The third-order valence-corrected chi connectivity index (χ3v) is 4.55. The van der Waals surface area contributed by atoms with Crippen molar-refractivity contribution in [3.05, 3.63) is 35.9 Å². The van der Waals surface area contributed by atoms with Crippen LogP contribution in [0.3, 0.4) is 0 Å². The lowest BCUT2D eigenvalue weighted by Gasteiger charge is -2.24. The van der Waals surface area contributed by atoms with Crippen LogP contribution in [0, 0.1) is 5.92 Å². The summed E-state index contributed by atoms with van der Waals surface area (Å²) < 4.78 is 16.4. The van der Waals surface area contributed by atoms with Gasteiger partial charge in [-0.3, -0.25) is 0 Å². The van der Waals surface area contributed by atoms with Gasteiger partial charge in [-0.2, -0.15) is 0 Å². The maximum atomic E-state index is 12.2. The Hall–Kier alpha value is -1.67. The van der Waals surface area contributed by atoms with E-state index in [2.05, 4.69) is 5.32 Å². The molecule has 4 N–H and O–H groups in total. The molecule has 0 saturated carbocycles. The number of aliphatic hydroxyl groups is 1. The normalized spacial score (nSPS) is 28.2. The first-order valence-corrected chi connectivity index (χ1v) is 8.30. The fourth-order valence-electron chi connectivity index (χ4n) is 3.19. The standard InChI is InChI=1S/C17H24N2O5/c18-9-14(20)13(8-11-4-2-1-3-5-11)19-17(21)24-15-10-23-16-12(15)6-7-22-16/h1-5,12-16,20H,6-10,18H2,(H,19,21)/t12?,13-,14?,15?,16?/m0/s1. The first-order chi connectivity index (χ1) is 11.7. The van der Waals surface area contributed by atoms with E-state index in [-0.39, 0.29) is 24.9 Å². The molecule has 7 heteroatoms. The Kier molecular flexibility index (Phi) is 5.68. The van der Waals surface area contributed by atoms with Crippen LogP contribution in [0.15, 0.2) is 30.3 Å². The van der Waals surface area contributed by atoms with Gasteiger partial charge in [0.2, 0.25) is 0 Å². The van der Waals surface area contributed by atoms with E-state index in [1.165, 1.54) is 0 Å². The summed E-state index contributed by atoms with van der Waals surface area (Å²) in [4.78, 5) is 12.2. The number of carbonyl (C=O) groups excluding carboxylic acids is 1. The van der Waals surface area contributed by atoms with Crippen molar-refractivity contribution < 1.29 is 24.1 Å². The van der Waals surface area contributed by atoms with Crippen LogP contribution in [-0.2, 0) is 20.6 Å². The molecule has 2 fully saturated rings. The van der Waals surface area contributed by atoms with Crippen molar-refractivity contribution in [2.75, 3.05) is 19.8 Å². The number of rotatable bonds is 6. The Balaban J connectivity index is 1.56. The fourth-order valence-corrected chi connectivity index (χ4v) is 3.19. The molecule has 3 rings (SSSR count). The average molecular weight is 336 g/mol. The van der Waals surface area contributed by atoms with Crippen LogP contribution in [0.25, 0.3) is 0 Å². The Morgan fingerprint density at radius 3 is 2.92 bits per heavy atom. The summed E-state index contributed by atoms with van der Waals surface area (Å²) in [6.45, 7) is 1.02. The first-order valence-electron chi connectivity index (χ1n) is 8.30. The van der Waals surface area contributed by atoms with Gasteiger partial charge in [0, 0.05) is 6.54 Å². The lowest BCUT2D eigenvalue weighted by molar-refractivity contribution is -0.0907. The molecule has 1 aromatic rings. The molecular weight excluding hydrogens is 312 g/mol. The van der Waals surface area contributed by atoms with Gasteiger partial charge < -0.3 is 30.4 Å². The van der Waals surface area contributed by atoms with Gasteiger partial charge in [0.15, 0.2) is 6.29 Å². The predicted octanol–water partition coefficient (Wildman–Crippen LogP) is 0.405. The summed E-state index contributed by atoms with van der Waals surface area (Å²) in [7, 11) is 0. The van der Waals surface area contributed by atoms with Gasteiger partial charge in [0.05, 0.1) is 31.3 Å². The van der Waals surface area contributed by atoms with E-state index in [0.29, 0.717) is 19.6 Å². The molecule has 2 saturated heterocycles. The minimum Gasteiger partial charge on any atom is -0.443 e. The molecule has 2 aliphatic rings. The summed E-state index contributed by atoms with van der Waals surface area (Å²) in [6.07, 6.45) is -0.696. The molecule has 4 unspecified atom stereocenters. The monoisotopic (exact) mass is 336 g/mol. The van der Waals surface area contributed by atoms with Crippen LogP contribution >= 0.6 is 0 Å². The molecule has 1 amide bonds. The summed E-state index contributed by atoms with van der Waals surface area (Å²) >= 11 is 0. The molecule has 24 heavy (non-hydrogen) atoms. The van der Waals surface area contributed by atoms with E-state index in [0.717, 1.165) is 12.0 Å². The second-order valence-electron chi connectivity index (χ2n) is 6.21. The lowest BCUT2D eigenvalue weighted by Crippen LogP contribution is -2.49. The van der Waals surface area contributed by atoms with Crippen LogP contribution in [0.1, 0.15) is 12.0 Å². The van der Waals surface area contributed by atoms with E-state index in [1.54, 1.807) is 0 Å². The molecule has 0 aromatic heterocycles. The van der Waals surface area contributed by atoms with Crippen LogP contribution in [0.4, 0.5) is 4.79 Å². The molecule has 0 spiro atoms. The quantitative estimate of drug-likeness (QED) is 0.695. The maximum Gasteiger partial charge on any atom is 0.407 e. The number of amides is 1. The van der Waals surface area contributed by atoms with Crippen molar-refractivity contribution in [3.8, 4) is 0 Å². The number of alkyl carbamates (subject to hydrolysis) is 1. The van der Waals surface area contributed by atoms with E-state index in [4.69, 9.17) is 19.9 Å². The van der Waals surface area contributed by atoms with Crippen molar-refractivity contribution in [1.29, 1.82) is 0 Å². The number of hydrogen-bond acceptors (Lipinski definition) is 6. The summed E-state index contributed by atoms with van der Waals surface area (Å²) in [6, 6.07) is 9.11. The van der Waals surface area contributed by atoms with Gasteiger partial charge >= 0.3 is 6.09 Å². The van der Waals surface area contributed by atoms with Crippen molar-refractivity contribution >= 4 is 6.09 Å². The van der Waals surface area contributed by atoms with Gasteiger partial charge in [-0.05, 0) is 18.4 Å². The molecule has 5 atom stereocenters. The molecule has 0 bridgehead atoms. The summed E-state index contributed by atoms with van der Waals surface area (Å²) in [5, 5.41) is 12.8. The lowest BCUT2D eigenvalue weighted by atomic mass is 10.0. The van der Waals surface area contributed by atoms with Gasteiger partial charge in [0.1, 0.15) is 6.10 Å². The van der Waals surface area contributed by atoms with E-state index in [9.17, 15) is 9.90 Å². The highest BCUT2D eigenvalue weighted by Gasteiger charge is 2.44. The molecule has 7 nitrogen and oxygen atoms in total. The molecular formula is C17H24N2O5. The second-order valence-corrected chi connectivity index (χ2v) is 6.21. The number of benzene rings is 1. The third-order valence-electron chi connectivity index (χ3n) is 4.55. The number of nitrogens with one attached hydrogen (secondary N) is 1. The topological polar surface area (TPSA) is 103 Å². The summed E-state index contributed by atoms with van der Waals surface area (Å²) in [5.74, 6) is 0.0859. The largest absolute Gasteiger partial charge is 0.443 e. The second kappa shape index (κ2) is 7.94. The highest BCUT2D eigenvalue weighted by molar-refractivity contribution is 5.68. The van der Waals surface area contributed by atoms with Gasteiger partial charge in [-0.15, -0.1) is 0 Å². The fraction of sp³-hybridized carbons (Fsp3) is 0.588. The molecule has 132 valence electrons. The number of fused-ring (bicyclic) bond motifs is 1. The number of aliphatic hydroxyl groups excluding tert-OH is 1.